The van der Waals surface area contributed by atoms with Gasteiger partial charge in [0.2, 0.25) is 0 Å². The van der Waals surface area contributed by atoms with Gasteiger partial charge in [0.05, 0.1) is 17.7 Å². The van der Waals surface area contributed by atoms with E-state index in [9.17, 15) is 18.0 Å². The van der Waals surface area contributed by atoms with Crippen LogP contribution in [0.15, 0.2) is 24.4 Å². The zero-order valence-corrected chi connectivity index (χ0v) is 14.9. The molecule has 0 aliphatic carbocycles. The summed E-state index contributed by atoms with van der Waals surface area (Å²) in [6.45, 7) is 3.29. The van der Waals surface area contributed by atoms with E-state index < -0.39 is 17.7 Å². The number of alkyl halides is 3. The van der Waals surface area contributed by atoms with E-state index in [-0.39, 0.29) is 40.9 Å². The fourth-order valence-corrected chi connectivity index (χ4v) is 3.99. The minimum absolute atomic E-state index is 0. The molecular weight excluding hydrogens is 369 g/mol. The first kappa shape index (κ1) is 19.0. The van der Waals surface area contributed by atoms with E-state index in [1.807, 2.05) is 0 Å². The molecule has 0 amide bonds. The number of H-pyrrole nitrogens is 1. The van der Waals surface area contributed by atoms with Crippen molar-refractivity contribution in [3.8, 4) is 0 Å². The van der Waals surface area contributed by atoms with Gasteiger partial charge in [0.25, 0.3) is 0 Å². The molecule has 1 aromatic carbocycles. The maximum absolute atomic E-state index is 13.3. The van der Waals surface area contributed by atoms with Gasteiger partial charge in [-0.1, -0.05) is 6.07 Å². The number of rotatable bonds is 3. The molecule has 3 fully saturated rings. The average molecular weight is 389 g/mol. The van der Waals surface area contributed by atoms with Crippen LogP contribution in [0.5, 0.6) is 0 Å². The first-order valence-corrected chi connectivity index (χ1v) is 8.45. The van der Waals surface area contributed by atoms with Gasteiger partial charge in [-0.15, -0.1) is 12.4 Å². The quantitative estimate of drug-likeness (QED) is 0.799. The van der Waals surface area contributed by atoms with Crippen molar-refractivity contribution in [1.82, 2.24) is 9.88 Å². The van der Waals surface area contributed by atoms with Crippen LogP contribution in [0.4, 0.5) is 13.2 Å². The minimum atomic E-state index is -4.52. The number of piperidine rings is 3. The summed E-state index contributed by atoms with van der Waals surface area (Å²) in [6, 6.07) is 3.84. The number of carbonyl (C=O) groups is 1. The van der Waals surface area contributed by atoms with Crippen molar-refractivity contribution >= 4 is 29.3 Å². The van der Waals surface area contributed by atoms with Crippen molar-refractivity contribution in [2.45, 2.75) is 25.4 Å². The Morgan fingerprint density at radius 2 is 1.85 bits per heavy atom. The predicted octanol–water partition coefficient (Wildman–Crippen LogP) is 4.25. The van der Waals surface area contributed by atoms with Gasteiger partial charge in [0, 0.05) is 22.5 Å². The molecule has 0 radical (unpaired) electrons. The molecule has 3 aliphatic heterocycles. The summed E-state index contributed by atoms with van der Waals surface area (Å²) >= 11 is 0. The number of aromatic amines is 1. The van der Waals surface area contributed by atoms with Crippen LogP contribution in [0.1, 0.15) is 35.2 Å². The smallest absolute Gasteiger partial charge is 0.417 e. The molecule has 3 saturated heterocycles. The fraction of sp³-hybridized carbons (Fsp3) is 0.500. The lowest BCUT2D eigenvalue weighted by molar-refractivity contribution is -0.136. The van der Waals surface area contributed by atoms with Crippen molar-refractivity contribution in [2.24, 2.45) is 5.41 Å². The number of ether oxygens (including phenoxy) is 1. The summed E-state index contributed by atoms with van der Waals surface area (Å²) in [4.78, 5) is 17.6. The molecule has 5 rings (SSSR count). The Hall–Kier alpha value is -1.73. The van der Waals surface area contributed by atoms with E-state index in [4.69, 9.17) is 4.74 Å². The first-order chi connectivity index (χ1) is 11.9. The van der Waals surface area contributed by atoms with Crippen LogP contribution in [0.3, 0.4) is 0 Å². The number of halogens is 4. The fourth-order valence-electron chi connectivity index (χ4n) is 3.99. The van der Waals surface area contributed by atoms with E-state index in [2.05, 4.69) is 9.88 Å². The van der Waals surface area contributed by atoms with E-state index >= 15 is 0 Å². The van der Waals surface area contributed by atoms with E-state index in [1.54, 1.807) is 0 Å². The maximum atomic E-state index is 13.3. The highest BCUT2D eigenvalue weighted by Gasteiger charge is 2.41. The molecule has 8 heteroatoms. The first-order valence-electron chi connectivity index (χ1n) is 8.45. The Morgan fingerprint density at radius 1 is 1.19 bits per heavy atom. The molecule has 0 unspecified atom stereocenters. The maximum Gasteiger partial charge on any atom is 0.417 e. The molecule has 3 aliphatic rings. The van der Waals surface area contributed by atoms with Gasteiger partial charge in [-0.05, 0) is 51.0 Å². The molecule has 0 saturated carbocycles. The number of nitrogens with zero attached hydrogens (tertiary/aromatic N) is 1. The molecule has 0 spiro atoms. The van der Waals surface area contributed by atoms with Crippen LogP contribution in [-0.2, 0) is 10.9 Å². The molecule has 4 heterocycles. The van der Waals surface area contributed by atoms with E-state index in [1.165, 1.54) is 18.3 Å². The highest BCUT2D eigenvalue weighted by Crippen LogP contribution is 2.41. The second-order valence-electron chi connectivity index (χ2n) is 7.10. The summed E-state index contributed by atoms with van der Waals surface area (Å²) in [5.74, 6) is -0.690. The number of esters is 1. The summed E-state index contributed by atoms with van der Waals surface area (Å²) in [5, 5.41) is -0.115. The topological polar surface area (TPSA) is 45.3 Å². The van der Waals surface area contributed by atoms with Crippen molar-refractivity contribution < 1.29 is 22.7 Å². The van der Waals surface area contributed by atoms with Gasteiger partial charge < -0.3 is 14.6 Å². The lowest BCUT2D eigenvalue weighted by atomic mass is 9.73. The molecule has 1 aromatic heterocycles. The van der Waals surface area contributed by atoms with E-state index in [0.717, 1.165) is 45.0 Å². The van der Waals surface area contributed by atoms with Crippen molar-refractivity contribution in [3.63, 3.8) is 0 Å². The van der Waals surface area contributed by atoms with Crippen LogP contribution < -0.4 is 0 Å². The molecular formula is C18H20ClF3N2O2. The number of aromatic nitrogens is 1. The number of benzene rings is 1. The predicted molar refractivity (Wildman–Crippen MR) is 93.6 cm³/mol. The monoisotopic (exact) mass is 388 g/mol. The Balaban J connectivity index is 0.00000196. The van der Waals surface area contributed by atoms with Crippen molar-refractivity contribution in [3.05, 3.63) is 35.5 Å². The molecule has 0 atom stereocenters. The van der Waals surface area contributed by atoms with Crippen molar-refractivity contribution in [1.29, 1.82) is 0 Å². The molecule has 142 valence electrons. The third-order valence-electron chi connectivity index (χ3n) is 5.62. The number of hydrogen-bond acceptors (Lipinski definition) is 3. The second-order valence-corrected chi connectivity index (χ2v) is 7.10. The Kier molecular flexibility index (Phi) is 4.96. The van der Waals surface area contributed by atoms with Crippen molar-refractivity contribution in [2.75, 3.05) is 26.2 Å². The molecule has 4 nitrogen and oxygen atoms in total. The summed E-state index contributed by atoms with van der Waals surface area (Å²) in [6.07, 6.45) is -0.291. The third kappa shape index (κ3) is 3.30. The number of fused-ring (bicyclic) bond motifs is 4. The van der Waals surface area contributed by atoms with Crippen LogP contribution >= 0.6 is 12.4 Å². The molecule has 26 heavy (non-hydrogen) atoms. The van der Waals surface area contributed by atoms with Gasteiger partial charge in [0.1, 0.15) is 0 Å². The van der Waals surface area contributed by atoms with Crippen LogP contribution in [0.2, 0.25) is 0 Å². The molecule has 1 N–H and O–H groups in total. The standard InChI is InChI=1S/C18H19F3N2O2.ClH/c19-18(20,21)13-2-1-3-14-15(13)12(10-22-14)16(24)25-11-17-4-7-23(8-5-17)9-6-17;/h1-3,10,22H,4-9,11H2;1H. The Bertz CT molecular complexity index is 797. The second kappa shape index (κ2) is 6.78. The number of carbonyl (C=O) groups excluding carboxylic acids is 1. The largest absolute Gasteiger partial charge is 0.461 e. The SMILES string of the molecule is Cl.O=C(OCC12CCN(CC1)CC2)c1c[nH]c2cccc(C(F)(F)F)c12. The Labute approximate surface area is 155 Å². The van der Waals surface area contributed by atoms with Crippen LogP contribution in [0.25, 0.3) is 10.9 Å². The van der Waals surface area contributed by atoms with Gasteiger partial charge in [-0.3, -0.25) is 0 Å². The summed E-state index contributed by atoms with van der Waals surface area (Å²) < 4.78 is 45.3. The number of nitrogens with one attached hydrogen (secondary N) is 1. The molecule has 2 bridgehead atoms. The zero-order chi connectivity index (χ0) is 17.7. The molecule has 2 aromatic rings. The highest BCUT2D eigenvalue weighted by molar-refractivity contribution is 6.05. The third-order valence-corrected chi connectivity index (χ3v) is 5.62. The minimum Gasteiger partial charge on any atom is -0.461 e. The Morgan fingerprint density at radius 3 is 2.46 bits per heavy atom. The van der Waals surface area contributed by atoms with Gasteiger partial charge >= 0.3 is 12.1 Å². The lowest BCUT2D eigenvalue weighted by Crippen LogP contribution is -2.50. The summed E-state index contributed by atoms with van der Waals surface area (Å²) in [5.41, 5.74) is -0.593. The average Bonchev–Trinajstić information content (AvgIpc) is 3.04. The zero-order valence-electron chi connectivity index (χ0n) is 14.1. The van der Waals surface area contributed by atoms with Gasteiger partial charge in [-0.2, -0.15) is 13.2 Å². The van der Waals surface area contributed by atoms with Crippen LogP contribution in [-0.4, -0.2) is 42.1 Å². The highest BCUT2D eigenvalue weighted by atomic mass is 35.5. The van der Waals surface area contributed by atoms with Crippen LogP contribution in [0, 0.1) is 5.41 Å². The van der Waals surface area contributed by atoms with E-state index in [0.29, 0.717) is 0 Å². The number of hydrogen-bond donors (Lipinski definition) is 1. The van der Waals surface area contributed by atoms with Gasteiger partial charge in [-0.25, -0.2) is 4.79 Å². The lowest BCUT2D eigenvalue weighted by Gasteiger charge is -2.47. The van der Waals surface area contributed by atoms with Gasteiger partial charge in [0.15, 0.2) is 0 Å². The summed E-state index contributed by atoms with van der Waals surface area (Å²) in [7, 11) is 0. The normalized spacial score (nSPS) is 25.1.